The normalized spacial score (nSPS) is 10.8. The summed E-state index contributed by atoms with van der Waals surface area (Å²) in [7, 11) is 0. The minimum atomic E-state index is -0.299. The lowest BCUT2D eigenvalue weighted by Crippen LogP contribution is -2.24. The van der Waals surface area contributed by atoms with Crippen LogP contribution in [0.25, 0.3) is 22.4 Å². The van der Waals surface area contributed by atoms with Crippen molar-refractivity contribution in [3.63, 3.8) is 0 Å². The van der Waals surface area contributed by atoms with Gasteiger partial charge < -0.3 is 4.84 Å². The van der Waals surface area contributed by atoms with Crippen LogP contribution in [0, 0.1) is 9.87 Å². The molecule has 0 atom stereocenters. The highest BCUT2D eigenvalue weighted by atomic mass is 32.1. The molecule has 0 amide bonds. The van der Waals surface area contributed by atoms with Crippen LogP contribution in [-0.4, -0.2) is 10.7 Å². The zero-order chi connectivity index (χ0) is 17.1. The Labute approximate surface area is 150 Å². The second kappa shape index (κ2) is 7.11. The Morgan fingerprint density at radius 3 is 2.21 bits per heavy atom. The number of rotatable bonds is 4. The van der Waals surface area contributed by atoms with E-state index >= 15 is 0 Å². The number of hydrogen-bond donors (Lipinski definition) is 0. The van der Waals surface area contributed by atoms with Crippen molar-refractivity contribution in [3.05, 3.63) is 63.9 Å². The molecule has 122 valence electrons. The van der Waals surface area contributed by atoms with E-state index in [9.17, 15) is 4.79 Å². The number of benzene rings is 2. The molecule has 0 unspecified atom stereocenters. The van der Waals surface area contributed by atoms with Gasteiger partial charge >= 0.3 is 5.97 Å². The van der Waals surface area contributed by atoms with Crippen LogP contribution in [0.5, 0.6) is 0 Å². The van der Waals surface area contributed by atoms with Gasteiger partial charge in [0, 0.05) is 10.9 Å². The van der Waals surface area contributed by atoms with Crippen LogP contribution in [-0.2, 0) is 4.79 Å². The molecule has 3 nitrogen and oxygen atoms in total. The van der Waals surface area contributed by atoms with Gasteiger partial charge in [-0.2, -0.15) is 4.73 Å². The van der Waals surface area contributed by atoms with Gasteiger partial charge in [-0.3, -0.25) is 0 Å². The molecule has 1 heterocycles. The van der Waals surface area contributed by atoms with Gasteiger partial charge in [0.1, 0.15) is 5.69 Å². The molecule has 0 spiro atoms. The molecule has 0 aliphatic heterocycles. The second-order valence-corrected chi connectivity index (χ2v) is 7.19. The van der Waals surface area contributed by atoms with Crippen molar-refractivity contribution in [2.24, 2.45) is 5.92 Å². The van der Waals surface area contributed by atoms with Gasteiger partial charge in [0.15, 0.2) is 3.95 Å². The molecule has 2 aromatic carbocycles. The topological polar surface area (TPSA) is 31.2 Å². The molecule has 5 heteroatoms. The van der Waals surface area contributed by atoms with Crippen LogP contribution in [0.4, 0.5) is 0 Å². The average molecular weight is 355 g/mol. The van der Waals surface area contributed by atoms with E-state index in [4.69, 9.17) is 17.1 Å². The fourth-order valence-electron chi connectivity index (χ4n) is 2.23. The Morgan fingerprint density at radius 1 is 1.00 bits per heavy atom. The summed E-state index contributed by atoms with van der Waals surface area (Å²) in [5.74, 6) is -0.508. The van der Waals surface area contributed by atoms with E-state index in [1.54, 1.807) is 13.8 Å². The number of carbonyl (C=O) groups excluding carboxylic acids is 1. The van der Waals surface area contributed by atoms with Gasteiger partial charge in [0.2, 0.25) is 0 Å². The van der Waals surface area contributed by atoms with Crippen molar-refractivity contribution in [2.75, 3.05) is 0 Å². The van der Waals surface area contributed by atoms with Crippen molar-refractivity contribution >= 4 is 29.5 Å². The standard InChI is InChI=1S/C19H17NO2S2/c1-13(2)18(21)22-20-17(12-24-19(20)23)16-10-8-15(9-11-16)14-6-4-3-5-7-14/h3-13H,1-2H3. The van der Waals surface area contributed by atoms with Crippen LogP contribution >= 0.6 is 23.6 Å². The van der Waals surface area contributed by atoms with Crippen LogP contribution in [0.15, 0.2) is 60.0 Å². The van der Waals surface area contributed by atoms with Gasteiger partial charge in [-0.25, -0.2) is 4.79 Å². The maximum Gasteiger partial charge on any atom is 0.335 e. The third-order valence-electron chi connectivity index (χ3n) is 3.60. The largest absolute Gasteiger partial charge is 0.335 e. The van der Waals surface area contributed by atoms with Gasteiger partial charge in [-0.1, -0.05) is 68.4 Å². The number of thiazole rings is 1. The highest BCUT2D eigenvalue weighted by molar-refractivity contribution is 7.73. The van der Waals surface area contributed by atoms with Gasteiger partial charge in [0.25, 0.3) is 0 Å². The summed E-state index contributed by atoms with van der Waals surface area (Å²) in [5.41, 5.74) is 4.05. The third kappa shape index (κ3) is 3.47. The first-order valence-corrected chi connectivity index (χ1v) is 8.93. The first kappa shape index (κ1) is 16.6. The van der Waals surface area contributed by atoms with E-state index in [-0.39, 0.29) is 11.9 Å². The highest BCUT2D eigenvalue weighted by Gasteiger charge is 2.15. The lowest BCUT2D eigenvalue weighted by atomic mass is 10.0. The van der Waals surface area contributed by atoms with E-state index in [0.717, 1.165) is 22.4 Å². The molecule has 0 radical (unpaired) electrons. The minimum Gasteiger partial charge on any atom is -0.334 e. The monoisotopic (exact) mass is 355 g/mol. The average Bonchev–Trinajstić information content (AvgIpc) is 2.96. The van der Waals surface area contributed by atoms with Gasteiger partial charge in [-0.05, 0) is 23.3 Å². The Kier molecular flexibility index (Phi) is 4.92. The van der Waals surface area contributed by atoms with E-state index in [2.05, 4.69) is 24.3 Å². The zero-order valence-corrected chi connectivity index (χ0v) is 15.1. The molecule has 0 aliphatic rings. The quantitative estimate of drug-likeness (QED) is 0.601. The summed E-state index contributed by atoms with van der Waals surface area (Å²) in [6.07, 6.45) is 0. The molecular weight excluding hydrogens is 338 g/mol. The van der Waals surface area contributed by atoms with Gasteiger partial charge in [-0.15, -0.1) is 11.3 Å². The number of aromatic nitrogens is 1. The van der Waals surface area contributed by atoms with Crippen molar-refractivity contribution in [2.45, 2.75) is 13.8 Å². The predicted molar refractivity (Wildman–Crippen MR) is 100 cm³/mol. The fourth-order valence-corrected chi connectivity index (χ4v) is 3.19. The van der Waals surface area contributed by atoms with E-state index < -0.39 is 0 Å². The Balaban J connectivity index is 1.93. The molecule has 3 aromatic rings. The minimum absolute atomic E-state index is 0.208. The Morgan fingerprint density at radius 2 is 1.58 bits per heavy atom. The lowest BCUT2D eigenvalue weighted by molar-refractivity contribution is -0.147. The van der Waals surface area contributed by atoms with Crippen molar-refractivity contribution in [1.29, 1.82) is 0 Å². The molecule has 1 aromatic heterocycles. The first-order valence-electron chi connectivity index (χ1n) is 7.65. The Bertz CT molecular complexity index is 893. The van der Waals surface area contributed by atoms with Gasteiger partial charge in [0.05, 0.1) is 5.92 Å². The molecule has 3 rings (SSSR count). The van der Waals surface area contributed by atoms with Crippen LogP contribution in [0.3, 0.4) is 0 Å². The Hall–Kier alpha value is -2.24. The van der Waals surface area contributed by atoms with E-state index in [0.29, 0.717) is 3.95 Å². The fraction of sp³-hybridized carbons (Fsp3) is 0.158. The van der Waals surface area contributed by atoms with E-state index in [1.165, 1.54) is 16.1 Å². The maximum absolute atomic E-state index is 11.9. The number of nitrogens with zero attached hydrogens (tertiary/aromatic N) is 1. The summed E-state index contributed by atoms with van der Waals surface area (Å²) < 4.78 is 1.96. The summed E-state index contributed by atoms with van der Waals surface area (Å²) in [6.45, 7) is 3.60. The smallest absolute Gasteiger partial charge is 0.334 e. The molecule has 0 saturated carbocycles. The highest BCUT2D eigenvalue weighted by Crippen LogP contribution is 2.27. The molecule has 0 saturated heterocycles. The van der Waals surface area contributed by atoms with Crippen molar-refractivity contribution < 1.29 is 9.63 Å². The summed E-state index contributed by atoms with van der Waals surface area (Å²) in [6, 6.07) is 18.3. The SMILES string of the molecule is CC(C)C(=O)On1c(-c2ccc(-c3ccccc3)cc2)csc1=S. The van der Waals surface area contributed by atoms with Crippen LogP contribution < -0.4 is 4.84 Å². The lowest BCUT2D eigenvalue weighted by Gasteiger charge is -2.11. The van der Waals surface area contributed by atoms with Crippen molar-refractivity contribution in [3.8, 4) is 22.4 Å². The molecule has 0 bridgehead atoms. The molecule has 0 aliphatic carbocycles. The molecule has 0 fully saturated rings. The predicted octanol–water partition coefficient (Wildman–Crippen LogP) is 5.22. The second-order valence-electron chi connectivity index (χ2n) is 5.69. The molecular formula is C19H17NO2S2. The summed E-state index contributed by atoms with van der Waals surface area (Å²) >= 11 is 6.67. The number of hydrogen-bond acceptors (Lipinski definition) is 4. The first-order chi connectivity index (χ1) is 11.6. The molecule has 0 N–H and O–H groups in total. The van der Waals surface area contributed by atoms with E-state index in [1.807, 2.05) is 35.7 Å². The summed E-state index contributed by atoms with van der Waals surface area (Å²) in [4.78, 5) is 17.3. The summed E-state index contributed by atoms with van der Waals surface area (Å²) in [5, 5.41) is 1.91. The van der Waals surface area contributed by atoms with Crippen LogP contribution in [0.2, 0.25) is 0 Å². The third-order valence-corrected chi connectivity index (χ3v) is 4.76. The maximum atomic E-state index is 11.9. The van der Waals surface area contributed by atoms with Crippen molar-refractivity contribution in [1.82, 2.24) is 4.73 Å². The zero-order valence-electron chi connectivity index (χ0n) is 13.4. The molecule has 24 heavy (non-hydrogen) atoms. The number of carbonyl (C=O) groups is 1. The van der Waals surface area contributed by atoms with Crippen LogP contribution in [0.1, 0.15) is 13.8 Å².